The molecule has 3 nitrogen and oxygen atoms in total. The van der Waals surface area contributed by atoms with Crippen molar-refractivity contribution in [2.45, 2.75) is 31.3 Å². The summed E-state index contributed by atoms with van der Waals surface area (Å²) >= 11 is 0. The SMILES string of the molecule is c1ccc(C2CC2)c(CN2CCN(C3CNC3)CC2)c1. The van der Waals surface area contributed by atoms with E-state index in [1.54, 1.807) is 11.1 Å². The van der Waals surface area contributed by atoms with E-state index in [0.29, 0.717) is 0 Å². The van der Waals surface area contributed by atoms with Crippen LogP contribution in [0.5, 0.6) is 0 Å². The molecule has 0 unspecified atom stereocenters. The van der Waals surface area contributed by atoms with Gasteiger partial charge in [-0.15, -0.1) is 0 Å². The van der Waals surface area contributed by atoms with E-state index >= 15 is 0 Å². The van der Waals surface area contributed by atoms with E-state index in [1.807, 2.05) is 0 Å². The molecule has 0 bridgehead atoms. The minimum absolute atomic E-state index is 0.816. The van der Waals surface area contributed by atoms with Crippen molar-refractivity contribution >= 4 is 0 Å². The van der Waals surface area contributed by atoms with Gasteiger partial charge in [0.2, 0.25) is 0 Å². The third-order valence-corrected chi connectivity index (χ3v) is 5.15. The maximum atomic E-state index is 3.38. The summed E-state index contributed by atoms with van der Waals surface area (Å²) in [6, 6.07) is 9.92. The number of hydrogen-bond donors (Lipinski definition) is 1. The predicted molar refractivity (Wildman–Crippen MR) is 81.9 cm³/mol. The molecular weight excluding hydrogens is 246 g/mol. The molecule has 3 aliphatic rings. The molecule has 1 aromatic rings. The van der Waals surface area contributed by atoms with E-state index in [9.17, 15) is 0 Å². The minimum Gasteiger partial charge on any atom is -0.314 e. The molecule has 2 aliphatic heterocycles. The first kappa shape index (κ1) is 12.8. The van der Waals surface area contributed by atoms with Gasteiger partial charge in [0.15, 0.2) is 0 Å². The van der Waals surface area contributed by atoms with Crippen molar-refractivity contribution in [3.63, 3.8) is 0 Å². The molecule has 0 aromatic heterocycles. The van der Waals surface area contributed by atoms with Gasteiger partial charge in [-0.3, -0.25) is 9.80 Å². The molecule has 108 valence electrons. The van der Waals surface area contributed by atoms with Gasteiger partial charge in [0.25, 0.3) is 0 Å². The Kier molecular flexibility index (Phi) is 3.51. The molecule has 20 heavy (non-hydrogen) atoms. The van der Waals surface area contributed by atoms with Crippen molar-refractivity contribution < 1.29 is 0 Å². The molecule has 1 aromatic carbocycles. The first-order chi connectivity index (χ1) is 9.90. The second-order valence-corrected chi connectivity index (χ2v) is 6.60. The monoisotopic (exact) mass is 271 g/mol. The summed E-state index contributed by atoms with van der Waals surface area (Å²) in [6.07, 6.45) is 2.80. The molecule has 2 saturated heterocycles. The van der Waals surface area contributed by atoms with Crippen LogP contribution in [-0.4, -0.2) is 55.1 Å². The fraction of sp³-hybridized carbons (Fsp3) is 0.647. The van der Waals surface area contributed by atoms with Crippen LogP contribution < -0.4 is 5.32 Å². The molecule has 0 amide bonds. The Morgan fingerprint density at radius 3 is 2.40 bits per heavy atom. The van der Waals surface area contributed by atoms with Crippen LogP contribution in [0.2, 0.25) is 0 Å². The first-order valence-corrected chi connectivity index (χ1v) is 8.15. The van der Waals surface area contributed by atoms with Crippen molar-refractivity contribution in [3.05, 3.63) is 35.4 Å². The maximum absolute atomic E-state index is 3.38. The molecule has 1 aliphatic carbocycles. The van der Waals surface area contributed by atoms with Crippen molar-refractivity contribution in [1.82, 2.24) is 15.1 Å². The lowest BCUT2D eigenvalue weighted by Gasteiger charge is -2.43. The zero-order valence-corrected chi connectivity index (χ0v) is 12.2. The average Bonchev–Trinajstić information content (AvgIpc) is 3.24. The third kappa shape index (κ3) is 2.62. The van der Waals surface area contributed by atoms with Crippen molar-refractivity contribution in [3.8, 4) is 0 Å². The van der Waals surface area contributed by atoms with Gasteiger partial charge in [0, 0.05) is 51.9 Å². The van der Waals surface area contributed by atoms with E-state index in [0.717, 1.165) is 18.5 Å². The molecule has 1 saturated carbocycles. The Morgan fingerprint density at radius 1 is 1.00 bits per heavy atom. The standard InChI is InChI=1S/C17H25N3/c1-2-4-17(14-5-6-14)15(3-1)13-19-7-9-20(10-8-19)16-11-18-12-16/h1-4,14,16,18H,5-13H2. The number of rotatable bonds is 4. The van der Waals surface area contributed by atoms with Gasteiger partial charge in [-0.25, -0.2) is 0 Å². The van der Waals surface area contributed by atoms with Gasteiger partial charge in [0.05, 0.1) is 0 Å². The third-order valence-electron chi connectivity index (χ3n) is 5.15. The average molecular weight is 271 g/mol. The van der Waals surface area contributed by atoms with E-state index in [2.05, 4.69) is 39.4 Å². The van der Waals surface area contributed by atoms with Gasteiger partial charge in [-0.05, 0) is 29.9 Å². The lowest BCUT2D eigenvalue weighted by Crippen LogP contribution is -2.61. The fourth-order valence-electron chi connectivity index (χ4n) is 3.53. The second-order valence-electron chi connectivity index (χ2n) is 6.60. The highest BCUT2D eigenvalue weighted by atomic mass is 15.3. The van der Waals surface area contributed by atoms with Crippen LogP contribution in [0, 0.1) is 0 Å². The Bertz CT molecular complexity index is 457. The normalized spacial score (nSPS) is 25.6. The van der Waals surface area contributed by atoms with E-state index in [4.69, 9.17) is 0 Å². The summed E-state index contributed by atoms with van der Waals surface area (Å²) in [5, 5.41) is 3.38. The van der Waals surface area contributed by atoms with Crippen molar-refractivity contribution in [1.29, 1.82) is 0 Å². The van der Waals surface area contributed by atoms with Crippen LogP contribution in [0.25, 0.3) is 0 Å². The first-order valence-electron chi connectivity index (χ1n) is 8.15. The summed E-state index contributed by atoms with van der Waals surface area (Å²) in [5.74, 6) is 0.869. The Hall–Kier alpha value is -0.900. The molecule has 0 radical (unpaired) electrons. The molecular formula is C17H25N3. The van der Waals surface area contributed by atoms with Gasteiger partial charge in [0.1, 0.15) is 0 Å². The van der Waals surface area contributed by atoms with Gasteiger partial charge in [-0.1, -0.05) is 24.3 Å². The number of benzene rings is 1. The predicted octanol–water partition coefficient (Wildman–Crippen LogP) is 1.65. The van der Waals surface area contributed by atoms with E-state index < -0.39 is 0 Å². The van der Waals surface area contributed by atoms with Crippen molar-refractivity contribution in [2.75, 3.05) is 39.3 Å². The maximum Gasteiger partial charge on any atom is 0.0346 e. The molecule has 3 heteroatoms. The smallest absolute Gasteiger partial charge is 0.0346 e. The summed E-state index contributed by atoms with van der Waals surface area (Å²) in [7, 11) is 0. The largest absolute Gasteiger partial charge is 0.314 e. The van der Waals surface area contributed by atoms with E-state index in [-0.39, 0.29) is 0 Å². The molecule has 2 heterocycles. The molecule has 0 spiro atoms. The Labute approximate surface area is 121 Å². The highest BCUT2D eigenvalue weighted by molar-refractivity contribution is 5.33. The van der Waals surface area contributed by atoms with Crippen LogP contribution in [0.3, 0.4) is 0 Å². The molecule has 3 fully saturated rings. The second kappa shape index (κ2) is 5.47. The highest BCUT2D eigenvalue weighted by Gasteiger charge is 2.29. The highest BCUT2D eigenvalue weighted by Crippen LogP contribution is 2.41. The number of nitrogens with zero attached hydrogens (tertiary/aromatic N) is 2. The Morgan fingerprint density at radius 2 is 1.75 bits per heavy atom. The van der Waals surface area contributed by atoms with Gasteiger partial charge >= 0.3 is 0 Å². The number of hydrogen-bond acceptors (Lipinski definition) is 3. The van der Waals surface area contributed by atoms with Gasteiger partial charge in [-0.2, -0.15) is 0 Å². The Balaban J connectivity index is 1.36. The summed E-state index contributed by atoms with van der Waals surface area (Å²) in [5.41, 5.74) is 3.20. The summed E-state index contributed by atoms with van der Waals surface area (Å²) < 4.78 is 0. The number of nitrogens with one attached hydrogen (secondary N) is 1. The van der Waals surface area contributed by atoms with Crippen LogP contribution >= 0.6 is 0 Å². The fourth-order valence-corrected chi connectivity index (χ4v) is 3.53. The van der Waals surface area contributed by atoms with Crippen molar-refractivity contribution in [2.24, 2.45) is 0 Å². The molecule has 1 N–H and O–H groups in total. The van der Waals surface area contributed by atoms with Crippen LogP contribution in [0.1, 0.15) is 29.9 Å². The topological polar surface area (TPSA) is 18.5 Å². The van der Waals surface area contributed by atoms with Crippen LogP contribution in [0.4, 0.5) is 0 Å². The zero-order chi connectivity index (χ0) is 13.4. The lowest BCUT2D eigenvalue weighted by molar-refractivity contribution is 0.0694. The lowest BCUT2D eigenvalue weighted by atomic mass is 10.0. The molecule has 0 atom stereocenters. The summed E-state index contributed by atoms with van der Waals surface area (Å²) in [6.45, 7) is 8.51. The summed E-state index contributed by atoms with van der Waals surface area (Å²) in [4.78, 5) is 5.31. The quantitative estimate of drug-likeness (QED) is 0.898. The van der Waals surface area contributed by atoms with E-state index in [1.165, 1.54) is 52.1 Å². The number of piperazine rings is 1. The van der Waals surface area contributed by atoms with Crippen LogP contribution in [0.15, 0.2) is 24.3 Å². The van der Waals surface area contributed by atoms with Gasteiger partial charge < -0.3 is 5.32 Å². The van der Waals surface area contributed by atoms with Crippen LogP contribution in [-0.2, 0) is 6.54 Å². The zero-order valence-electron chi connectivity index (χ0n) is 12.2. The minimum atomic E-state index is 0.816. The molecule has 4 rings (SSSR count).